The topological polar surface area (TPSA) is 57.6 Å². The predicted molar refractivity (Wildman–Crippen MR) is 67.3 cm³/mol. The summed E-state index contributed by atoms with van der Waals surface area (Å²) in [7, 11) is 0. The largest absolute Gasteiger partial charge is 0.481 e. The van der Waals surface area contributed by atoms with E-state index in [0.717, 1.165) is 0 Å². The SMILES string of the molecule is CCN1C(=O)CC(C(=O)O)C1c1cccc(Cl)c1F. The Bertz CT molecular complexity index is 535. The standard InChI is InChI=1S/C13H13ClFNO3/c1-2-16-10(17)6-8(13(18)19)12(16)7-4-3-5-9(14)11(7)15/h3-5,8,12H,2,6H2,1H3,(H,18,19). The molecular weight excluding hydrogens is 273 g/mol. The predicted octanol–water partition coefficient (Wildman–Crippen LogP) is 2.47. The highest BCUT2D eigenvalue weighted by Crippen LogP contribution is 2.40. The van der Waals surface area contributed by atoms with E-state index in [1.54, 1.807) is 13.0 Å². The van der Waals surface area contributed by atoms with E-state index in [1.165, 1.54) is 17.0 Å². The number of likely N-dealkylation sites (tertiary alicyclic amines) is 1. The quantitative estimate of drug-likeness (QED) is 0.928. The molecule has 0 spiro atoms. The van der Waals surface area contributed by atoms with Gasteiger partial charge in [-0.1, -0.05) is 23.7 Å². The minimum absolute atomic E-state index is 0.0722. The summed E-state index contributed by atoms with van der Waals surface area (Å²) < 4.78 is 14.1. The first-order valence-corrected chi connectivity index (χ1v) is 6.31. The molecule has 1 amide bonds. The monoisotopic (exact) mass is 285 g/mol. The average molecular weight is 286 g/mol. The van der Waals surface area contributed by atoms with Crippen molar-refractivity contribution < 1.29 is 19.1 Å². The van der Waals surface area contributed by atoms with Crippen molar-refractivity contribution in [3.8, 4) is 0 Å². The van der Waals surface area contributed by atoms with Crippen molar-refractivity contribution in [1.82, 2.24) is 4.90 Å². The first kappa shape index (κ1) is 13.8. The fraction of sp³-hybridized carbons (Fsp3) is 0.385. The lowest BCUT2D eigenvalue weighted by atomic mass is 9.93. The van der Waals surface area contributed by atoms with Crippen LogP contribution in [0.15, 0.2) is 18.2 Å². The third kappa shape index (κ3) is 2.30. The van der Waals surface area contributed by atoms with Crippen LogP contribution in [0.3, 0.4) is 0 Å². The summed E-state index contributed by atoms with van der Waals surface area (Å²) in [4.78, 5) is 24.4. The van der Waals surface area contributed by atoms with Gasteiger partial charge in [0.2, 0.25) is 5.91 Å². The minimum Gasteiger partial charge on any atom is -0.481 e. The van der Waals surface area contributed by atoms with Crippen LogP contribution in [0.2, 0.25) is 5.02 Å². The molecule has 1 heterocycles. The number of carbonyl (C=O) groups excluding carboxylic acids is 1. The summed E-state index contributed by atoms with van der Waals surface area (Å²) in [5.74, 6) is -2.98. The van der Waals surface area contributed by atoms with Crippen LogP contribution in [0.5, 0.6) is 0 Å². The molecule has 1 aliphatic rings. The molecule has 1 aromatic carbocycles. The smallest absolute Gasteiger partial charge is 0.309 e. The van der Waals surface area contributed by atoms with Crippen LogP contribution in [-0.4, -0.2) is 28.4 Å². The number of benzene rings is 1. The van der Waals surface area contributed by atoms with Gasteiger partial charge in [0.25, 0.3) is 0 Å². The summed E-state index contributed by atoms with van der Waals surface area (Å²) in [5.41, 5.74) is 0.160. The van der Waals surface area contributed by atoms with Crippen molar-refractivity contribution in [3.05, 3.63) is 34.6 Å². The van der Waals surface area contributed by atoms with E-state index in [4.69, 9.17) is 11.6 Å². The van der Waals surface area contributed by atoms with Crippen LogP contribution in [0, 0.1) is 11.7 Å². The maximum absolute atomic E-state index is 14.1. The Balaban J connectivity index is 2.51. The van der Waals surface area contributed by atoms with Gasteiger partial charge in [-0.2, -0.15) is 0 Å². The molecular formula is C13H13ClFNO3. The highest BCUT2D eigenvalue weighted by molar-refractivity contribution is 6.30. The number of rotatable bonds is 3. The van der Waals surface area contributed by atoms with E-state index in [2.05, 4.69) is 0 Å². The first-order chi connectivity index (χ1) is 8.97. The van der Waals surface area contributed by atoms with Gasteiger partial charge in [0.1, 0.15) is 5.82 Å². The molecule has 0 aliphatic carbocycles. The highest BCUT2D eigenvalue weighted by atomic mass is 35.5. The van der Waals surface area contributed by atoms with Gasteiger partial charge in [-0.05, 0) is 13.0 Å². The lowest BCUT2D eigenvalue weighted by Gasteiger charge is -2.26. The Kier molecular flexibility index (Phi) is 3.75. The van der Waals surface area contributed by atoms with E-state index < -0.39 is 23.7 Å². The minimum atomic E-state index is -1.10. The number of nitrogens with zero attached hydrogens (tertiary/aromatic N) is 1. The molecule has 2 rings (SSSR count). The fourth-order valence-electron chi connectivity index (χ4n) is 2.52. The number of carbonyl (C=O) groups is 2. The van der Waals surface area contributed by atoms with Gasteiger partial charge in [-0.15, -0.1) is 0 Å². The first-order valence-electron chi connectivity index (χ1n) is 5.93. The van der Waals surface area contributed by atoms with Gasteiger partial charge in [-0.25, -0.2) is 4.39 Å². The van der Waals surface area contributed by atoms with Gasteiger partial charge in [-0.3, -0.25) is 9.59 Å². The summed E-state index contributed by atoms with van der Waals surface area (Å²) >= 11 is 5.72. The molecule has 2 unspecified atom stereocenters. The van der Waals surface area contributed by atoms with Crippen LogP contribution >= 0.6 is 11.6 Å². The van der Waals surface area contributed by atoms with E-state index in [1.807, 2.05) is 0 Å². The van der Waals surface area contributed by atoms with Crippen LogP contribution < -0.4 is 0 Å². The van der Waals surface area contributed by atoms with Gasteiger partial charge in [0, 0.05) is 18.5 Å². The molecule has 2 atom stereocenters. The van der Waals surface area contributed by atoms with Gasteiger partial charge in [0.05, 0.1) is 17.0 Å². The normalized spacial score (nSPS) is 22.9. The van der Waals surface area contributed by atoms with Crippen molar-refractivity contribution >= 4 is 23.5 Å². The molecule has 1 aliphatic heterocycles. The number of halogens is 2. The zero-order valence-electron chi connectivity index (χ0n) is 10.3. The molecule has 0 radical (unpaired) electrons. The van der Waals surface area contributed by atoms with Gasteiger partial charge >= 0.3 is 5.97 Å². The molecule has 1 fully saturated rings. The molecule has 4 nitrogen and oxygen atoms in total. The van der Waals surface area contributed by atoms with Crippen molar-refractivity contribution in [2.45, 2.75) is 19.4 Å². The summed E-state index contributed by atoms with van der Waals surface area (Å²) in [6, 6.07) is 3.62. The zero-order valence-corrected chi connectivity index (χ0v) is 11.0. The number of amides is 1. The lowest BCUT2D eigenvalue weighted by Crippen LogP contribution is -2.31. The number of hydrogen-bond acceptors (Lipinski definition) is 2. The number of hydrogen-bond donors (Lipinski definition) is 1. The second kappa shape index (κ2) is 5.17. The Morgan fingerprint density at radius 2 is 2.26 bits per heavy atom. The summed E-state index contributed by atoms with van der Waals surface area (Å²) in [6.07, 6.45) is -0.111. The molecule has 102 valence electrons. The van der Waals surface area contributed by atoms with Crippen LogP contribution in [0.1, 0.15) is 24.9 Å². The molecule has 1 aromatic rings. The average Bonchev–Trinajstić information content (AvgIpc) is 2.69. The molecule has 1 N–H and O–H groups in total. The van der Waals surface area contributed by atoms with Crippen molar-refractivity contribution in [2.24, 2.45) is 5.92 Å². The molecule has 0 bridgehead atoms. The van der Waals surface area contributed by atoms with E-state index in [9.17, 15) is 19.1 Å². The third-order valence-electron chi connectivity index (χ3n) is 3.39. The van der Waals surface area contributed by atoms with Crippen molar-refractivity contribution in [2.75, 3.05) is 6.54 Å². The Hall–Kier alpha value is -1.62. The summed E-state index contributed by atoms with van der Waals surface area (Å²) in [6.45, 7) is 2.07. The maximum Gasteiger partial charge on any atom is 0.309 e. The molecule has 0 aromatic heterocycles. The molecule has 1 saturated heterocycles. The van der Waals surface area contributed by atoms with Gasteiger partial charge in [0.15, 0.2) is 0 Å². The van der Waals surface area contributed by atoms with Crippen LogP contribution in [0.4, 0.5) is 4.39 Å². The second-order valence-corrected chi connectivity index (χ2v) is 4.82. The second-order valence-electron chi connectivity index (χ2n) is 4.42. The Morgan fingerprint density at radius 1 is 1.58 bits per heavy atom. The number of aliphatic carboxylic acids is 1. The summed E-state index contributed by atoms with van der Waals surface area (Å²) in [5, 5.41) is 9.13. The zero-order chi connectivity index (χ0) is 14.2. The van der Waals surface area contributed by atoms with Crippen molar-refractivity contribution in [3.63, 3.8) is 0 Å². The molecule has 19 heavy (non-hydrogen) atoms. The number of carboxylic acid groups (broad SMARTS) is 1. The maximum atomic E-state index is 14.1. The molecule has 6 heteroatoms. The Morgan fingerprint density at radius 3 is 2.84 bits per heavy atom. The van der Waals surface area contributed by atoms with E-state index >= 15 is 0 Å². The third-order valence-corrected chi connectivity index (χ3v) is 3.68. The van der Waals surface area contributed by atoms with E-state index in [0.29, 0.717) is 6.54 Å². The number of carboxylic acids is 1. The lowest BCUT2D eigenvalue weighted by molar-refractivity contribution is -0.142. The fourth-order valence-corrected chi connectivity index (χ4v) is 2.70. The molecule has 0 saturated carbocycles. The highest BCUT2D eigenvalue weighted by Gasteiger charge is 2.45. The van der Waals surface area contributed by atoms with Crippen LogP contribution in [0.25, 0.3) is 0 Å². The van der Waals surface area contributed by atoms with E-state index in [-0.39, 0.29) is 22.9 Å². The van der Waals surface area contributed by atoms with Gasteiger partial charge < -0.3 is 10.0 Å². The Labute approximate surface area is 114 Å². The van der Waals surface area contributed by atoms with Crippen molar-refractivity contribution in [1.29, 1.82) is 0 Å². The van der Waals surface area contributed by atoms with Crippen LogP contribution in [-0.2, 0) is 9.59 Å².